The molecule has 0 atom stereocenters. The van der Waals surface area contributed by atoms with E-state index in [1.165, 1.54) is 16.7 Å². The Hall–Kier alpha value is -2.63. The average Bonchev–Trinajstić information content (AvgIpc) is 2.72. The molecule has 4 rings (SSSR count). The number of rotatable bonds is 5. The lowest BCUT2D eigenvalue weighted by Crippen LogP contribution is -2.33. The Morgan fingerprint density at radius 3 is 2.69 bits per heavy atom. The summed E-state index contributed by atoms with van der Waals surface area (Å²) in [7, 11) is 0. The highest BCUT2D eigenvalue weighted by molar-refractivity contribution is 5.86. The second-order valence-corrected chi connectivity index (χ2v) is 7.76. The Labute approximate surface area is 171 Å². The van der Waals surface area contributed by atoms with Crippen LogP contribution < -0.4 is 4.74 Å². The second kappa shape index (κ2) is 8.80. The molecule has 2 aromatic carbocycles. The predicted molar refractivity (Wildman–Crippen MR) is 112 cm³/mol. The number of carboxylic acid groups (broad SMARTS) is 1. The van der Waals surface area contributed by atoms with Crippen molar-refractivity contribution >= 4 is 11.5 Å². The first-order valence-electron chi connectivity index (χ1n) is 10.3. The highest BCUT2D eigenvalue weighted by Crippen LogP contribution is 2.39. The van der Waals surface area contributed by atoms with E-state index in [1.807, 2.05) is 12.1 Å². The molecular formula is C24H27NO4. The van der Waals surface area contributed by atoms with Gasteiger partial charge in [-0.15, -0.1) is 0 Å². The normalized spacial score (nSPS) is 16.6. The first kappa shape index (κ1) is 19.7. The van der Waals surface area contributed by atoms with Gasteiger partial charge in [0, 0.05) is 31.8 Å². The molecule has 0 amide bonds. The highest BCUT2D eigenvalue weighted by atomic mass is 16.5. The van der Waals surface area contributed by atoms with Gasteiger partial charge >= 0.3 is 5.97 Å². The molecule has 0 radical (unpaired) electrons. The summed E-state index contributed by atoms with van der Waals surface area (Å²) in [6, 6.07) is 14.8. The van der Waals surface area contributed by atoms with Crippen LogP contribution in [0.25, 0.3) is 5.57 Å². The molecule has 0 spiro atoms. The number of nitrogens with zero attached hydrogens (tertiary/aromatic N) is 1. The summed E-state index contributed by atoms with van der Waals surface area (Å²) in [4.78, 5) is 13.1. The Bertz CT molecular complexity index is 924. The largest absolute Gasteiger partial charge is 0.488 e. The number of aliphatic hydroxyl groups excluding tert-OH is 1. The number of hydrogen-bond acceptors (Lipinski definition) is 4. The number of aliphatic hydroxyl groups is 1. The molecule has 2 aliphatic heterocycles. The second-order valence-electron chi connectivity index (χ2n) is 7.76. The summed E-state index contributed by atoms with van der Waals surface area (Å²) in [6.07, 6.45) is 2.65. The van der Waals surface area contributed by atoms with Gasteiger partial charge in [0.25, 0.3) is 0 Å². The van der Waals surface area contributed by atoms with Gasteiger partial charge in [0.1, 0.15) is 12.4 Å². The smallest absolute Gasteiger partial charge is 0.304 e. The number of fused-ring (bicyclic) bond motifs is 3. The molecule has 152 valence electrons. The van der Waals surface area contributed by atoms with Crippen molar-refractivity contribution in [3.8, 4) is 5.75 Å². The number of carbonyl (C=O) groups is 1. The molecule has 5 nitrogen and oxygen atoms in total. The quantitative estimate of drug-likeness (QED) is 0.814. The molecular weight excluding hydrogens is 366 g/mol. The lowest BCUT2D eigenvalue weighted by molar-refractivity contribution is -0.137. The molecule has 2 N–H and O–H groups in total. The van der Waals surface area contributed by atoms with Crippen LogP contribution in [0.5, 0.6) is 5.75 Å². The SMILES string of the molecule is O=C(O)CCN1CCC(=C2c3cccc(c3)COc3ccc(CCO)cc32)CC1. The maximum absolute atomic E-state index is 10.9. The van der Waals surface area contributed by atoms with Crippen molar-refractivity contribution in [3.05, 3.63) is 70.3 Å². The van der Waals surface area contributed by atoms with E-state index in [9.17, 15) is 9.90 Å². The van der Waals surface area contributed by atoms with Crippen LogP contribution in [0.2, 0.25) is 0 Å². The van der Waals surface area contributed by atoms with E-state index in [2.05, 4.69) is 35.2 Å². The van der Waals surface area contributed by atoms with Crippen LogP contribution in [0, 0.1) is 0 Å². The minimum absolute atomic E-state index is 0.125. The lowest BCUT2D eigenvalue weighted by atomic mass is 9.86. The first-order valence-corrected chi connectivity index (χ1v) is 10.3. The third kappa shape index (κ3) is 4.52. The first-order chi connectivity index (χ1) is 14.1. The standard InChI is InChI=1S/C24H27NO4/c26-13-9-17-4-5-22-21(15-17)24(20-3-1-2-18(14-20)16-29-22)19-6-10-25(11-7-19)12-8-23(27)28/h1-5,14-15,26H,6-13,16H2,(H,27,28). The van der Waals surface area contributed by atoms with Crippen molar-refractivity contribution < 1.29 is 19.7 Å². The Morgan fingerprint density at radius 1 is 1.10 bits per heavy atom. The van der Waals surface area contributed by atoms with E-state index in [0.29, 0.717) is 19.6 Å². The van der Waals surface area contributed by atoms with E-state index in [1.54, 1.807) is 0 Å². The zero-order chi connectivity index (χ0) is 20.2. The van der Waals surface area contributed by atoms with Crippen LogP contribution in [0.3, 0.4) is 0 Å². The molecule has 29 heavy (non-hydrogen) atoms. The number of aliphatic carboxylic acids is 1. The summed E-state index contributed by atoms with van der Waals surface area (Å²) in [5.41, 5.74) is 7.19. The van der Waals surface area contributed by atoms with Crippen molar-refractivity contribution in [2.75, 3.05) is 26.2 Å². The van der Waals surface area contributed by atoms with Crippen LogP contribution >= 0.6 is 0 Å². The molecule has 2 heterocycles. The van der Waals surface area contributed by atoms with E-state index < -0.39 is 5.97 Å². The maximum Gasteiger partial charge on any atom is 0.304 e. The van der Waals surface area contributed by atoms with Crippen molar-refractivity contribution in [2.45, 2.75) is 32.3 Å². The minimum atomic E-state index is -0.742. The molecule has 5 heteroatoms. The van der Waals surface area contributed by atoms with Gasteiger partial charge in [0.05, 0.1) is 6.42 Å². The molecule has 0 unspecified atom stereocenters. The van der Waals surface area contributed by atoms with Gasteiger partial charge in [0.15, 0.2) is 0 Å². The maximum atomic E-state index is 10.9. The van der Waals surface area contributed by atoms with Crippen molar-refractivity contribution in [1.82, 2.24) is 4.90 Å². The van der Waals surface area contributed by atoms with Crippen LogP contribution in [-0.4, -0.2) is 47.3 Å². The molecule has 2 aliphatic rings. The van der Waals surface area contributed by atoms with E-state index in [4.69, 9.17) is 9.84 Å². The van der Waals surface area contributed by atoms with Crippen molar-refractivity contribution in [2.24, 2.45) is 0 Å². The zero-order valence-electron chi connectivity index (χ0n) is 16.6. The molecule has 1 saturated heterocycles. The van der Waals surface area contributed by atoms with E-state index in [0.717, 1.165) is 48.4 Å². The van der Waals surface area contributed by atoms with Gasteiger partial charge < -0.3 is 19.8 Å². The van der Waals surface area contributed by atoms with E-state index >= 15 is 0 Å². The van der Waals surface area contributed by atoms with Gasteiger partial charge in [-0.05, 0) is 59.7 Å². The Morgan fingerprint density at radius 2 is 1.93 bits per heavy atom. The Balaban J connectivity index is 1.72. The summed E-state index contributed by atoms with van der Waals surface area (Å²) in [5, 5.41) is 18.3. The van der Waals surface area contributed by atoms with Gasteiger partial charge in [-0.1, -0.05) is 29.8 Å². The number of likely N-dealkylation sites (tertiary alicyclic amines) is 1. The molecule has 1 fully saturated rings. The third-order valence-corrected chi connectivity index (χ3v) is 5.78. The fourth-order valence-electron chi connectivity index (χ4n) is 4.26. The summed E-state index contributed by atoms with van der Waals surface area (Å²) in [5.74, 6) is 0.141. The third-order valence-electron chi connectivity index (χ3n) is 5.78. The van der Waals surface area contributed by atoms with Crippen molar-refractivity contribution in [1.29, 1.82) is 0 Å². The fraction of sp³-hybridized carbons (Fsp3) is 0.375. The monoisotopic (exact) mass is 393 g/mol. The van der Waals surface area contributed by atoms with E-state index in [-0.39, 0.29) is 13.0 Å². The van der Waals surface area contributed by atoms with Crippen LogP contribution in [0.15, 0.2) is 48.0 Å². The molecule has 0 aromatic heterocycles. The van der Waals surface area contributed by atoms with Gasteiger partial charge in [-0.2, -0.15) is 0 Å². The van der Waals surface area contributed by atoms with Gasteiger partial charge in [0.2, 0.25) is 0 Å². The number of carboxylic acids is 1. The number of hydrogen-bond donors (Lipinski definition) is 2. The van der Waals surface area contributed by atoms with Crippen LogP contribution in [0.4, 0.5) is 0 Å². The summed E-state index contributed by atoms with van der Waals surface area (Å²) in [6.45, 7) is 3.02. The molecule has 0 aliphatic carbocycles. The molecule has 0 saturated carbocycles. The van der Waals surface area contributed by atoms with Crippen molar-refractivity contribution in [3.63, 3.8) is 0 Å². The summed E-state index contributed by atoms with van der Waals surface area (Å²) >= 11 is 0. The van der Waals surface area contributed by atoms with Gasteiger partial charge in [-0.25, -0.2) is 0 Å². The number of benzene rings is 2. The lowest BCUT2D eigenvalue weighted by Gasteiger charge is -2.30. The predicted octanol–water partition coefficient (Wildman–Crippen LogP) is 3.49. The fourth-order valence-corrected chi connectivity index (χ4v) is 4.26. The minimum Gasteiger partial charge on any atom is -0.488 e. The number of piperidine rings is 1. The Kier molecular flexibility index (Phi) is 5.97. The van der Waals surface area contributed by atoms with Crippen LogP contribution in [-0.2, 0) is 17.8 Å². The topological polar surface area (TPSA) is 70.0 Å². The summed E-state index contributed by atoms with van der Waals surface area (Å²) < 4.78 is 6.14. The molecule has 2 bridgehead atoms. The average molecular weight is 393 g/mol. The van der Waals surface area contributed by atoms with Crippen LogP contribution in [0.1, 0.15) is 41.5 Å². The highest BCUT2D eigenvalue weighted by Gasteiger charge is 2.23. The number of ether oxygens (including phenoxy) is 1. The molecule has 2 aromatic rings. The van der Waals surface area contributed by atoms with Gasteiger partial charge in [-0.3, -0.25) is 4.79 Å². The zero-order valence-corrected chi connectivity index (χ0v) is 16.6.